The number of ether oxygens (including phenoxy) is 1. The zero-order valence-corrected chi connectivity index (χ0v) is 11.9. The molecule has 1 amide bonds. The van der Waals surface area contributed by atoms with E-state index < -0.39 is 0 Å². The van der Waals surface area contributed by atoms with Gasteiger partial charge in [0, 0.05) is 18.7 Å². The fraction of sp³-hybridized carbons (Fsp3) is 0.385. The lowest BCUT2D eigenvalue weighted by molar-refractivity contribution is -0.144. The van der Waals surface area contributed by atoms with Crippen LogP contribution in [0.2, 0.25) is 10.0 Å². The normalized spacial score (nSPS) is 18.5. The highest BCUT2D eigenvalue weighted by molar-refractivity contribution is 6.42. The van der Waals surface area contributed by atoms with E-state index in [2.05, 4.69) is 4.74 Å². The number of benzene rings is 1. The molecule has 1 unspecified atom stereocenters. The molecule has 19 heavy (non-hydrogen) atoms. The van der Waals surface area contributed by atoms with Crippen molar-refractivity contribution in [3.8, 4) is 0 Å². The maximum Gasteiger partial charge on any atom is 0.310 e. The van der Waals surface area contributed by atoms with Crippen LogP contribution in [0.3, 0.4) is 0 Å². The van der Waals surface area contributed by atoms with Crippen molar-refractivity contribution in [3.05, 3.63) is 33.8 Å². The van der Waals surface area contributed by atoms with Gasteiger partial charge in [-0.05, 0) is 24.6 Å². The van der Waals surface area contributed by atoms with Crippen molar-refractivity contribution in [1.82, 2.24) is 4.90 Å². The molecule has 2 rings (SSSR count). The SMILES string of the molecule is COC(=O)C1CCN(C(=O)c2ccc(Cl)c(Cl)c2)C1. The first-order chi connectivity index (χ1) is 9.02. The predicted octanol–water partition coefficient (Wildman–Crippen LogP) is 2.63. The minimum absolute atomic E-state index is 0.148. The molecule has 1 aliphatic rings. The van der Waals surface area contributed by atoms with Gasteiger partial charge < -0.3 is 9.64 Å². The second-order valence-electron chi connectivity index (χ2n) is 4.39. The van der Waals surface area contributed by atoms with E-state index >= 15 is 0 Å². The zero-order chi connectivity index (χ0) is 14.0. The molecule has 102 valence electrons. The molecule has 1 aromatic carbocycles. The van der Waals surface area contributed by atoms with Crippen LogP contribution < -0.4 is 0 Å². The van der Waals surface area contributed by atoms with Crippen molar-refractivity contribution in [2.45, 2.75) is 6.42 Å². The lowest BCUT2D eigenvalue weighted by Crippen LogP contribution is -2.30. The minimum Gasteiger partial charge on any atom is -0.469 e. The highest BCUT2D eigenvalue weighted by Crippen LogP contribution is 2.25. The summed E-state index contributed by atoms with van der Waals surface area (Å²) in [7, 11) is 1.35. The largest absolute Gasteiger partial charge is 0.469 e. The van der Waals surface area contributed by atoms with E-state index in [1.54, 1.807) is 17.0 Å². The molecule has 0 aliphatic carbocycles. The van der Waals surface area contributed by atoms with Crippen LogP contribution in [-0.4, -0.2) is 37.0 Å². The summed E-state index contributed by atoms with van der Waals surface area (Å²) < 4.78 is 4.69. The van der Waals surface area contributed by atoms with E-state index in [-0.39, 0.29) is 17.8 Å². The summed E-state index contributed by atoms with van der Waals surface area (Å²) in [5.74, 6) is -0.661. The van der Waals surface area contributed by atoms with Gasteiger partial charge in [-0.2, -0.15) is 0 Å². The van der Waals surface area contributed by atoms with E-state index in [9.17, 15) is 9.59 Å². The fourth-order valence-electron chi connectivity index (χ4n) is 2.12. The lowest BCUT2D eigenvalue weighted by atomic mass is 10.1. The number of carbonyl (C=O) groups is 2. The number of halogens is 2. The van der Waals surface area contributed by atoms with Crippen LogP contribution in [0, 0.1) is 5.92 Å². The topological polar surface area (TPSA) is 46.6 Å². The number of amides is 1. The molecule has 0 N–H and O–H groups in total. The second-order valence-corrected chi connectivity index (χ2v) is 5.20. The van der Waals surface area contributed by atoms with E-state index in [4.69, 9.17) is 23.2 Å². The third-order valence-corrected chi connectivity index (χ3v) is 3.92. The Kier molecular flexibility index (Phi) is 4.32. The highest BCUT2D eigenvalue weighted by Gasteiger charge is 2.32. The van der Waals surface area contributed by atoms with Crippen molar-refractivity contribution in [2.24, 2.45) is 5.92 Å². The van der Waals surface area contributed by atoms with Crippen LogP contribution >= 0.6 is 23.2 Å². The maximum atomic E-state index is 12.2. The first-order valence-electron chi connectivity index (χ1n) is 5.85. The summed E-state index contributed by atoms with van der Waals surface area (Å²) >= 11 is 11.7. The van der Waals surface area contributed by atoms with Gasteiger partial charge in [-0.15, -0.1) is 0 Å². The van der Waals surface area contributed by atoms with Gasteiger partial charge in [-0.1, -0.05) is 23.2 Å². The van der Waals surface area contributed by atoms with Crippen molar-refractivity contribution < 1.29 is 14.3 Å². The molecule has 1 aliphatic heterocycles. The molecular formula is C13H13Cl2NO3. The smallest absolute Gasteiger partial charge is 0.310 e. The molecule has 4 nitrogen and oxygen atoms in total. The molecule has 0 saturated carbocycles. The van der Waals surface area contributed by atoms with Gasteiger partial charge in [0.15, 0.2) is 0 Å². The Balaban J connectivity index is 2.09. The minimum atomic E-state index is -0.274. The van der Waals surface area contributed by atoms with Crippen molar-refractivity contribution in [3.63, 3.8) is 0 Å². The summed E-state index contributed by atoms with van der Waals surface area (Å²) in [6, 6.07) is 4.75. The molecule has 0 bridgehead atoms. The van der Waals surface area contributed by atoms with Gasteiger partial charge in [0.2, 0.25) is 0 Å². The molecule has 6 heteroatoms. The first kappa shape index (κ1) is 14.2. The second kappa shape index (κ2) is 5.80. The number of nitrogens with zero attached hydrogens (tertiary/aromatic N) is 1. The average molecular weight is 302 g/mol. The van der Waals surface area contributed by atoms with Gasteiger partial charge in [0.05, 0.1) is 23.1 Å². The summed E-state index contributed by atoms with van der Waals surface area (Å²) in [6.45, 7) is 0.921. The standard InChI is InChI=1S/C13H13Cl2NO3/c1-19-13(18)9-4-5-16(7-9)12(17)8-2-3-10(14)11(15)6-8/h2-3,6,9H,4-5,7H2,1H3. The Hall–Kier alpha value is -1.26. The third-order valence-electron chi connectivity index (χ3n) is 3.18. The van der Waals surface area contributed by atoms with Crippen LogP contribution in [-0.2, 0) is 9.53 Å². The maximum absolute atomic E-state index is 12.2. The zero-order valence-electron chi connectivity index (χ0n) is 10.4. The van der Waals surface area contributed by atoms with Gasteiger partial charge >= 0.3 is 5.97 Å². The Morgan fingerprint density at radius 2 is 2.05 bits per heavy atom. The van der Waals surface area contributed by atoms with Crippen LogP contribution in [0.15, 0.2) is 18.2 Å². The van der Waals surface area contributed by atoms with Gasteiger partial charge in [-0.3, -0.25) is 9.59 Å². The molecule has 1 fully saturated rings. The molecule has 0 aromatic heterocycles. The third kappa shape index (κ3) is 3.01. The number of likely N-dealkylation sites (tertiary alicyclic amines) is 1. The fourth-order valence-corrected chi connectivity index (χ4v) is 2.41. The van der Waals surface area contributed by atoms with Gasteiger partial charge in [0.25, 0.3) is 5.91 Å². The Morgan fingerprint density at radius 3 is 2.68 bits per heavy atom. The van der Waals surface area contributed by atoms with Crippen molar-refractivity contribution in [2.75, 3.05) is 20.2 Å². The monoisotopic (exact) mass is 301 g/mol. The van der Waals surface area contributed by atoms with Crippen LogP contribution in [0.1, 0.15) is 16.8 Å². The molecular weight excluding hydrogens is 289 g/mol. The van der Waals surface area contributed by atoms with E-state index in [1.807, 2.05) is 0 Å². The lowest BCUT2D eigenvalue weighted by Gasteiger charge is -2.16. The molecule has 0 radical (unpaired) electrons. The summed E-state index contributed by atoms with van der Waals surface area (Å²) in [5, 5.41) is 0.753. The Morgan fingerprint density at radius 1 is 1.32 bits per heavy atom. The van der Waals surface area contributed by atoms with E-state index in [1.165, 1.54) is 13.2 Å². The first-order valence-corrected chi connectivity index (χ1v) is 6.60. The van der Waals surface area contributed by atoms with Crippen LogP contribution in [0.25, 0.3) is 0 Å². The number of esters is 1. The summed E-state index contributed by atoms with van der Waals surface area (Å²) in [6.07, 6.45) is 0.625. The van der Waals surface area contributed by atoms with Gasteiger partial charge in [-0.25, -0.2) is 0 Å². The Labute approximate surface area is 121 Å². The number of hydrogen-bond donors (Lipinski definition) is 0. The number of methoxy groups -OCH3 is 1. The highest BCUT2D eigenvalue weighted by atomic mass is 35.5. The Bertz CT molecular complexity index is 519. The molecule has 0 spiro atoms. The number of carbonyl (C=O) groups excluding carboxylic acids is 2. The number of rotatable bonds is 2. The average Bonchev–Trinajstić information content (AvgIpc) is 2.89. The quantitative estimate of drug-likeness (QED) is 0.789. The molecule has 1 heterocycles. The predicted molar refractivity (Wildman–Crippen MR) is 72.5 cm³/mol. The van der Waals surface area contributed by atoms with Crippen LogP contribution in [0.4, 0.5) is 0 Å². The molecule has 1 saturated heterocycles. The molecule has 1 aromatic rings. The van der Waals surface area contributed by atoms with Gasteiger partial charge in [0.1, 0.15) is 0 Å². The van der Waals surface area contributed by atoms with E-state index in [0.717, 1.165) is 0 Å². The molecule has 1 atom stereocenters. The van der Waals surface area contributed by atoms with Crippen LogP contribution in [0.5, 0.6) is 0 Å². The summed E-state index contributed by atoms with van der Waals surface area (Å²) in [5.41, 5.74) is 0.472. The summed E-state index contributed by atoms with van der Waals surface area (Å²) in [4.78, 5) is 25.3. The van der Waals surface area contributed by atoms with E-state index in [0.29, 0.717) is 35.1 Å². The number of hydrogen-bond acceptors (Lipinski definition) is 3. The van der Waals surface area contributed by atoms with Crippen molar-refractivity contribution in [1.29, 1.82) is 0 Å². The van der Waals surface area contributed by atoms with Crippen molar-refractivity contribution >= 4 is 35.1 Å².